The standard InChI is InChI=1S/C21H21F3N4O5/c1-10-3-2-4-16(29)28-9-26(10)21(33)17-19(31)18(30)13(8-27(17)28)20(32)25-7-12-14(23)5-11(22)6-15(12)24/h5-6,8,10,16,29,31H,2-4,7,9H2,1H3,(H,25,32)/t10-,16-/m0/s1. The molecule has 2 atom stereocenters. The average molecular weight is 466 g/mol. The van der Waals surface area contributed by atoms with Gasteiger partial charge in [-0.1, -0.05) is 0 Å². The molecule has 2 bridgehead atoms. The number of carbonyl (C=O) groups is 2. The summed E-state index contributed by atoms with van der Waals surface area (Å²) in [6, 6.07) is 0.691. The number of aliphatic hydroxyl groups is 1. The molecule has 2 amide bonds. The van der Waals surface area contributed by atoms with Crippen LogP contribution in [0.25, 0.3) is 0 Å². The molecule has 33 heavy (non-hydrogen) atoms. The summed E-state index contributed by atoms with van der Waals surface area (Å²) in [6.07, 6.45) is 1.52. The highest BCUT2D eigenvalue weighted by atomic mass is 19.1. The van der Waals surface area contributed by atoms with Crippen molar-refractivity contribution in [1.82, 2.24) is 14.9 Å². The maximum atomic E-state index is 13.8. The predicted molar refractivity (Wildman–Crippen MR) is 108 cm³/mol. The van der Waals surface area contributed by atoms with E-state index in [0.717, 1.165) is 10.9 Å². The number of fused-ring (bicyclic) bond motifs is 4. The van der Waals surface area contributed by atoms with Crippen molar-refractivity contribution >= 4 is 11.8 Å². The summed E-state index contributed by atoms with van der Waals surface area (Å²) in [7, 11) is 0. The van der Waals surface area contributed by atoms with E-state index < -0.39 is 70.0 Å². The van der Waals surface area contributed by atoms with Crippen molar-refractivity contribution in [2.24, 2.45) is 0 Å². The number of nitrogens with one attached hydrogen (secondary N) is 1. The molecule has 9 nitrogen and oxygen atoms in total. The second-order valence-corrected chi connectivity index (χ2v) is 8.06. The third-order valence-corrected chi connectivity index (χ3v) is 5.94. The van der Waals surface area contributed by atoms with Gasteiger partial charge in [-0.2, -0.15) is 0 Å². The third-order valence-electron chi connectivity index (χ3n) is 5.94. The molecule has 0 aliphatic carbocycles. The van der Waals surface area contributed by atoms with E-state index in [1.54, 1.807) is 0 Å². The Morgan fingerprint density at radius 3 is 2.52 bits per heavy atom. The van der Waals surface area contributed by atoms with Crippen molar-refractivity contribution in [2.75, 3.05) is 11.7 Å². The van der Waals surface area contributed by atoms with Gasteiger partial charge in [0.25, 0.3) is 11.8 Å². The van der Waals surface area contributed by atoms with Crippen LogP contribution < -0.4 is 15.8 Å². The molecule has 176 valence electrons. The lowest BCUT2D eigenvalue weighted by molar-refractivity contribution is 0.0374. The zero-order valence-corrected chi connectivity index (χ0v) is 17.5. The van der Waals surface area contributed by atoms with Crippen molar-refractivity contribution in [3.63, 3.8) is 0 Å². The lowest BCUT2D eigenvalue weighted by atomic mass is 10.1. The fourth-order valence-corrected chi connectivity index (χ4v) is 4.06. The molecule has 12 heteroatoms. The van der Waals surface area contributed by atoms with E-state index >= 15 is 0 Å². The van der Waals surface area contributed by atoms with Gasteiger partial charge in [0.15, 0.2) is 11.4 Å². The molecule has 2 aliphatic heterocycles. The van der Waals surface area contributed by atoms with Crippen LogP contribution in [0.15, 0.2) is 23.1 Å². The molecule has 1 aromatic heterocycles. The molecule has 4 rings (SSSR count). The fraction of sp³-hybridized carbons (Fsp3) is 0.381. The SMILES string of the molecule is C[C@H]1CCC[C@H](O)N2CN1C(=O)c1c(O)c(=O)c(C(=O)NCc3c(F)cc(F)cc3F)cn12. The van der Waals surface area contributed by atoms with Crippen LogP contribution in [0.3, 0.4) is 0 Å². The molecule has 0 unspecified atom stereocenters. The van der Waals surface area contributed by atoms with Crippen molar-refractivity contribution in [3.8, 4) is 5.75 Å². The number of hydrogen-bond acceptors (Lipinski definition) is 6. The maximum Gasteiger partial charge on any atom is 0.278 e. The van der Waals surface area contributed by atoms with Crippen LogP contribution in [-0.4, -0.2) is 50.5 Å². The van der Waals surface area contributed by atoms with Crippen molar-refractivity contribution < 1.29 is 33.0 Å². The molecule has 1 fully saturated rings. The van der Waals surface area contributed by atoms with Gasteiger partial charge in [0.05, 0.1) is 0 Å². The van der Waals surface area contributed by atoms with Crippen LogP contribution in [0.1, 0.15) is 52.6 Å². The first-order chi connectivity index (χ1) is 15.6. The van der Waals surface area contributed by atoms with Gasteiger partial charge < -0.3 is 20.4 Å². The van der Waals surface area contributed by atoms with Crippen LogP contribution in [0.4, 0.5) is 13.2 Å². The summed E-state index contributed by atoms with van der Waals surface area (Å²) in [5.41, 5.74) is -2.78. The molecule has 2 aromatic rings. The Hall–Kier alpha value is -3.54. The highest BCUT2D eigenvalue weighted by molar-refractivity contribution is 5.99. The lowest BCUT2D eigenvalue weighted by Gasteiger charge is -2.45. The van der Waals surface area contributed by atoms with Crippen molar-refractivity contribution in [3.05, 3.63) is 62.8 Å². The molecule has 2 aliphatic rings. The van der Waals surface area contributed by atoms with Gasteiger partial charge in [-0.15, -0.1) is 0 Å². The highest BCUT2D eigenvalue weighted by Gasteiger charge is 2.39. The molecule has 1 saturated heterocycles. The quantitative estimate of drug-likeness (QED) is 0.625. The zero-order valence-electron chi connectivity index (χ0n) is 17.5. The normalized spacial score (nSPS) is 20.2. The Bertz CT molecular complexity index is 1180. The van der Waals surface area contributed by atoms with E-state index in [2.05, 4.69) is 5.32 Å². The zero-order chi connectivity index (χ0) is 24.0. The Kier molecular flexibility index (Phi) is 5.78. The molecule has 0 saturated carbocycles. The molecule has 1 aromatic carbocycles. The Morgan fingerprint density at radius 2 is 1.85 bits per heavy atom. The van der Waals surface area contributed by atoms with E-state index in [1.165, 1.54) is 9.91 Å². The minimum atomic E-state index is -1.22. The Labute approximate surface area is 185 Å². The summed E-state index contributed by atoms with van der Waals surface area (Å²) in [5.74, 6) is -6.27. The van der Waals surface area contributed by atoms with E-state index in [4.69, 9.17) is 0 Å². The largest absolute Gasteiger partial charge is 0.502 e. The first-order valence-electron chi connectivity index (χ1n) is 10.3. The fourth-order valence-electron chi connectivity index (χ4n) is 4.06. The number of carbonyl (C=O) groups excluding carboxylic acids is 2. The van der Waals surface area contributed by atoms with Crippen molar-refractivity contribution in [1.29, 1.82) is 0 Å². The molecule has 3 heterocycles. The first kappa shape index (κ1) is 22.6. The third kappa shape index (κ3) is 3.90. The van der Waals surface area contributed by atoms with Gasteiger partial charge in [0, 0.05) is 36.5 Å². The number of hydrogen-bond donors (Lipinski definition) is 3. The van der Waals surface area contributed by atoms with Gasteiger partial charge in [-0.3, -0.25) is 24.1 Å². The molecule has 0 radical (unpaired) electrons. The average Bonchev–Trinajstić information content (AvgIpc) is 2.74. The van der Waals surface area contributed by atoms with Gasteiger partial charge in [-0.05, 0) is 26.2 Å². The minimum Gasteiger partial charge on any atom is -0.502 e. The van der Waals surface area contributed by atoms with Gasteiger partial charge >= 0.3 is 0 Å². The predicted octanol–water partition coefficient (Wildman–Crippen LogP) is 1.14. The Morgan fingerprint density at radius 1 is 1.18 bits per heavy atom. The minimum absolute atomic E-state index is 0.0382. The molecule has 3 N–H and O–H groups in total. The lowest BCUT2D eigenvalue weighted by Crippen LogP contribution is -2.61. The second-order valence-electron chi connectivity index (χ2n) is 8.06. The summed E-state index contributed by atoms with van der Waals surface area (Å²) >= 11 is 0. The summed E-state index contributed by atoms with van der Waals surface area (Å²) in [5, 5.41) is 24.6. The molecule has 0 spiro atoms. The number of aliphatic hydroxyl groups excluding tert-OH is 1. The number of halogens is 3. The molecular weight excluding hydrogens is 445 g/mol. The van der Waals surface area contributed by atoms with Crippen LogP contribution in [0, 0.1) is 17.5 Å². The number of nitrogens with zero attached hydrogens (tertiary/aromatic N) is 3. The van der Waals surface area contributed by atoms with Gasteiger partial charge in [-0.25, -0.2) is 13.2 Å². The highest BCUT2D eigenvalue weighted by Crippen LogP contribution is 2.27. The number of aromatic nitrogens is 1. The number of pyridine rings is 1. The topological polar surface area (TPSA) is 115 Å². The maximum absolute atomic E-state index is 13.8. The number of benzene rings is 1. The first-order valence-corrected chi connectivity index (χ1v) is 10.3. The monoisotopic (exact) mass is 466 g/mol. The van der Waals surface area contributed by atoms with Crippen molar-refractivity contribution in [2.45, 2.75) is 45.0 Å². The Balaban J connectivity index is 1.71. The number of rotatable bonds is 3. The van der Waals surface area contributed by atoms with Gasteiger partial charge in [0.2, 0.25) is 5.43 Å². The molecular formula is C21H21F3N4O5. The van der Waals surface area contributed by atoms with Crippen LogP contribution in [0.2, 0.25) is 0 Å². The van der Waals surface area contributed by atoms with E-state index in [0.29, 0.717) is 31.4 Å². The van der Waals surface area contributed by atoms with E-state index in [9.17, 15) is 37.8 Å². The van der Waals surface area contributed by atoms with Gasteiger partial charge in [0.1, 0.15) is 35.9 Å². The van der Waals surface area contributed by atoms with Crippen LogP contribution >= 0.6 is 0 Å². The number of amides is 2. The second kappa shape index (κ2) is 8.43. The van der Waals surface area contributed by atoms with Crippen LogP contribution in [-0.2, 0) is 6.54 Å². The summed E-state index contributed by atoms with van der Waals surface area (Å²) in [4.78, 5) is 39.7. The van der Waals surface area contributed by atoms with Crippen LogP contribution in [0.5, 0.6) is 5.75 Å². The smallest absolute Gasteiger partial charge is 0.278 e. The summed E-state index contributed by atoms with van der Waals surface area (Å²) in [6.45, 7) is 1.08. The number of aromatic hydroxyl groups is 1. The van der Waals surface area contributed by atoms with E-state index in [1.807, 2.05) is 6.92 Å². The van der Waals surface area contributed by atoms with E-state index in [-0.39, 0.29) is 12.7 Å². The summed E-state index contributed by atoms with van der Waals surface area (Å²) < 4.78 is 41.8.